The first-order valence-electron chi connectivity index (χ1n) is 5.19. The molecular formula is C11H23NO. The second kappa shape index (κ2) is 6.96. The standard InChI is InChI=1S/C9H17NO.C2H6/c1-8(2)11-9-4-6-10(3)7-5-9;1-2/h9H,1,4-7H2,2-3H3;1-2H3. The first-order chi connectivity index (χ1) is 6.18. The molecule has 0 unspecified atom stereocenters. The second-order valence-electron chi connectivity index (χ2n) is 3.32. The molecule has 0 bridgehead atoms. The molecule has 0 aromatic carbocycles. The number of ether oxygens (including phenoxy) is 1. The average molecular weight is 185 g/mol. The largest absolute Gasteiger partial charge is 0.496 e. The minimum absolute atomic E-state index is 0.420. The molecule has 0 saturated carbocycles. The quantitative estimate of drug-likeness (QED) is 0.613. The molecule has 2 nitrogen and oxygen atoms in total. The molecule has 1 heterocycles. The van der Waals surface area contributed by atoms with E-state index in [2.05, 4.69) is 18.5 Å². The van der Waals surface area contributed by atoms with E-state index in [1.165, 1.54) is 0 Å². The summed E-state index contributed by atoms with van der Waals surface area (Å²) < 4.78 is 5.52. The van der Waals surface area contributed by atoms with Crippen LogP contribution in [-0.4, -0.2) is 31.1 Å². The van der Waals surface area contributed by atoms with E-state index in [9.17, 15) is 0 Å². The normalized spacial score (nSPS) is 18.8. The number of allylic oxidation sites excluding steroid dienone is 1. The Kier molecular flexibility index (Phi) is 6.69. The summed E-state index contributed by atoms with van der Waals surface area (Å²) in [5.74, 6) is 0.847. The van der Waals surface area contributed by atoms with Gasteiger partial charge in [0.1, 0.15) is 6.10 Å². The van der Waals surface area contributed by atoms with Crippen LogP contribution in [0.15, 0.2) is 12.3 Å². The molecule has 2 heteroatoms. The third kappa shape index (κ3) is 5.69. The van der Waals surface area contributed by atoms with Crippen molar-refractivity contribution < 1.29 is 4.74 Å². The maximum absolute atomic E-state index is 5.52. The lowest BCUT2D eigenvalue weighted by atomic mass is 10.1. The lowest BCUT2D eigenvalue weighted by Gasteiger charge is -2.29. The van der Waals surface area contributed by atoms with Crippen LogP contribution in [0.1, 0.15) is 33.6 Å². The van der Waals surface area contributed by atoms with Gasteiger partial charge >= 0.3 is 0 Å². The van der Waals surface area contributed by atoms with Crippen LogP contribution in [-0.2, 0) is 4.74 Å². The number of nitrogens with zero attached hydrogens (tertiary/aromatic N) is 1. The van der Waals surface area contributed by atoms with Gasteiger partial charge in [0, 0.05) is 13.1 Å². The molecular weight excluding hydrogens is 162 g/mol. The molecule has 1 rings (SSSR count). The van der Waals surface area contributed by atoms with Gasteiger partial charge in [0.05, 0.1) is 5.76 Å². The van der Waals surface area contributed by atoms with Crippen molar-refractivity contribution in [2.24, 2.45) is 0 Å². The van der Waals surface area contributed by atoms with E-state index in [1.807, 2.05) is 20.8 Å². The highest BCUT2D eigenvalue weighted by atomic mass is 16.5. The van der Waals surface area contributed by atoms with Crippen molar-refractivity contribution >= 4 is 0 Å². The Labute approximate surface area is 82.6 Å². The summed E-state index contributed by atoms with van der Waals surface area (Å²) in [6, 6.07) is 0. The lowest BCUT2D eigenvalue weighted by molar-refractivity contribution is 0.0598. The van der Waals surface area contributed by atoms with Crippen LogP contribution in [0.25, 0.3) is 0 Å². The SMILES string of the molecule is C=C(C)OC1CCN(C)CC1.CC. The lowest BCUT2D eigenvalue weighted by Crippen LogP contribution is -2.33. The Morgan fingerprint density at radius 3 is 2.15 bits per heavy atom. The second-order valence-corrected chi connectivity index (χ2v) is 3.32. The van der Waals surface area contributed by atoms with Crippen molar-refractivity contribution in [3.05, 3.63) is 12.3 Å². The fraction of sp³-hybridized carbons (Fsp3) is 0.818. The number of rotatable bonds is 2. The van der Waals surface area contributed by atoms with Gasteiger partial charge in [-0.05, 0) is 26.8 Å². The molecule has 1 saturated heterocycles. The Bertz CT molecular complexity index is 137. The third-order valence-electron chi connectivity index (χ3n) is 2.03. The number of likely N-dealkylation sites (tertiary alicyclic amines) is 1. The minimum atomic E-state index is 0.420. The molecule has 0 aliphatic carbocycles. The summed E-state index contributed by atoms with van der Waals surface area (Å²) in [6.07, 6.45) is 2.70. The fourth-order valence-electron chi connectivity index (χ4n) is 1.39. The fourth-order valence-corrected chi connectivity index (χ4v) is 1.39. The minimum Gasteiger partial charge on any atom is -0.496 e. The molecule has 0 atom stereocenters. The van der Waals surface area contributed by atoms with Crippen LogP contribution in [0, 0.1) is 0 Å². The van der Waals surface area contributed by atoms with Crippen molar-refractivity contribution in [3.63, 3.8) is 0 Å². The first kappa shape index (κ1) is 12.5. The van der Waals surface area contributed by atoms with E-state index in [4.69, 9.17) is 4.74 Å². The van der Waals surface area contributed by atoms with E-state index in [-0.39, 0.29) is 0 Å². The van der Waals surface area contributed by atoms with E-state index in [0.717, 1.165) is 31.7 Å². The summed E-state index contributed by atoms with van der Waals surface area (Å²) in [6.45, 7) is 11.9. The van der Waals surface area contributed by atoms with Gasteiger partial charge in [-0.2, -0.15) is 0 Å². The van der Waals surface area contributed by atoms with Gasteiger partial charge in [0.25, 0.3) is 0 Å². The van der Waals surface area contributed by atoms with Crippen molar-refractivity contribution in [1.29, 1.82) is 0 Å². The van der Waals surface area contributed by atoms with Crippen molar-refractivity contribution in [3.8, 4) is 0 Å². The topological polar surface area (TPSA) is 12.5 Å². The van der Waals surface area contributed by atoms with Crippen LogP contribution in [0.5, 0.6) is 0 Å². The van der Waals surface area contributed by atoms with Crippen LogP contribution in [0.3, 0.4) is 0 Å². The number of hydrogen-bond acceptors (Lipinski definition) is 2. The van der Waals surface area contributed by atoms with Crippen molar-refractivity contribution in [1.82, 2.24) is 4.90 Å². The van der Waals surface area contributed by atoms with E-state index < -0.39 is 0 Å². The van der Waals surface area contributed by atoms with Gasteiger partial charge in [0.15, 0.2) is 0 Å². The summed E-state index contributed by atoms with van der Waals surface area (Å²) >= 11 is 0. The number of piperidine rings is 1. The van der Waals surface area contributed by atoms with Gasteiger partial charge in [-0.15, -0.1) is 0 Å². The van der Waals surface area contributed by atoms with Crippen LogP contribution in [0.2, 0.25) is 0 Å². The Morgan fingerprint density at radius 2 is 1.77 bits per heavy atom. The van der Waals surface area contributed by atoms with Crippen LogP contribution >= 0.6 is 0 Å². The summed E-state index contributed by atoms with van der Waals surface area (Å²) in [7, 11) is 2.15. The third-order valence-corrected chi connectivity index (χ3v) is 2.03. The molecule has 1 fully saturated rings. The molecule has 0 aromatic rings. The summed E-state index contributed by atoms with van der Waals surface area (Å²) in [4.78, 5) is 2.33. The maximum Gasteiger partial charge on any atom is 0.101 e. The van der Waals surface area contributed by atoms with Crippen LogP contribution < -0.4 is 0 Å². The summed E-state index contributed by atoms with van der Waals surface area (Å²) in [5.41, 5.74) is 0. The smallest absolute Gasteiger partial charge is 0.101 e. The van der Waals surface area contributed by atoms with Crippen LogP contribution in [0.4, 0.5) is 0 Å². The highest BCUT2D eigenvalue weighted by molar-refractivity contribution is 4.79. The Balaban J connectivity index is 0.000000671. The Hall–Kier alpha value is -0.500. The maximum atomic E-state index is 5.52. The average Bonchev–Trinajstić information content (AvgIpc) is 2.12. The summed E-state index contributed by atoms with van der Waals surface area (Å²) in [5, 5.41) is 0. The van der Waals surface area contributed by atoms with Gasteiger partial charge < -0.3 is 9.64 Å². The van der Waals surface area contributed by atoms with E-state index >= 15 is 0 Å². The molecule has 1 aliphatic heterocycles. The van der Waals surface area contributed by atoms with Gasteiger partial charge in [0.2, 0.25) is 0 Å². The highest BCUT2D eigenvalue weighted by Crippen LogP contribution is 2.14. The first-order valence-corrected chi connectivity index (χ1v) is 5.19. The monoisotopic (exact) mass is 185 g/mol. The van der Waals surface area contributed by atoms with Gasteiger partial charge in [-0.25, -0.2) is 0 Å². The van der Waals surface area contributed by atoms with Crippen molar-refractivity contribution in [2.45, 2.75) is 39.7 Å². The predicted octanol–water partition coefficient (Wildman–Crippen LogP) is 2.66. The molecule has 0 amide bonds. The molecule has 1 aliphatic rings. The number of hydrogen-bond donors (Lipinski definition) is 0. The highest BCUT2D eigenvalue weighted by Gasteiger charge is 2.16. The van der Waals surface area contributed by atoms with E-state index in [1.54, 1.807) is 0 Å². The van der Waals surface area contributed by atoms with Crippen molar-refractivity contribution in [2.75, 3.05) is 20.1 Å². The molecule has 0 spiro atoms. The predicted molar refractivity (Wildman–Crippen MR) is 57.8 cm³/mol. The zero-order chi connectivity index (χ0) is 10.3. The molecule has 0 N–H and O–H groups in total. The van der Waals surface area contributed by atoms with Gasteiger partial charge in [-0.3, -0.25) is 0 Å². The van der Waals surface area contributed by atoms with Gasteiger partial charge in [-0.1, -0.05) is 20.4 Å². The molecule has 78 valence electrons. The molecule has 0 aromatic heterocycles. The zero-order valence-corrected chi connectivity index (χ0v) is 9.47. The Morgan fingerprint density at radius 1 is 1.31 bits per heavy atom. The van der Waals surface area contributed by atoms with E-state index in [0.29, 0.717) is 6.10 Å². The molecule has 13 heavy (non-hydrogen) atoms. The molecule has 0 radical (unpaired) electrons. The zero-order valence-electron chi connectivity index (χ0n) is 9.47.